The molecule has 0 saturated carbocycles. The Morgan fingerprint density at radius 1 is 1.30 bits per heavy atom. The van der Waals surface area contributed by atoms with Crippen LogP contribution in [0.1, 0.15) is 0 Å². The Morgan fingerprint density at radius 3 is 2.61 bits per heavy atom. The van der Waals surface area contributed by atoms with Crippen LogP contribution in [0.3, 0.4) is 0 Å². The lowest BCUT2D eigenvalue weighted by molar-refractivity contribution is 0.373. The minimum atomic E-state index is -0.189. The monoisotopic (exact) mass is 336 g/mol. The van der Waals surface area contributed by atoms with Gasteiger partial charge < -0.3 is 15.1 Å². The van der Waals surface area contributed by atoms with Crippen LogP contribution >= 0.6 is 11.8 Å². The van der Waals surface area contributed by atoms with Crippen molar-refractivity contribution in [3.05, 3.63) is 42.7 Å². The van der Waals surface area contributed by atoms with Crippen molar-refractivity contribution >= 4 is 23.4 Å². The van der Waals surface area contributed by atoms with E-state index in [1.807, 2.05) is 37.0 Å². The molecular weight excluding hydrogens is 311 g/mol. The number of aliphatic imine (C=N–C) groups is 1. The lowest BCUT2D eigenvalue weighted by atomic mass is 10.2. The molecule has 0 radical (unpaired) electrons. The molecular formula is C17H25FN4S. The van der Waals surface area contributed by atoms with Gasteiger partial charge in [0.2, 0.25) is 0 Å². The standard InChI is InChI=1S/C17H25FN4S/c1-3-13-23-14-8-20-17(19-2)22-11-9-21(10-12-22)16-6-4-15(18)5-7-16/h3-7H,1,8-14H2,2H3,(H,19,20). The molecule has 1 aromatic rings. The third-order valence-electron chi connectivity index (χ3n) is 3.75. The first-order valence-corrected chi connectivity index (χ1v) is 9.05. The molecule has 0 unspecified atom stereocenters. The molecule has 1 N–H and O–H groups in total. The first-order chi connectivity index (χ1) is 11.2. The quantitative estimate of drug-likeness (QED) is 0.374. The molecule has 0 bridgehead atoms. The minimum absolute atomic E-state index is 0.189. The van der Waals surface area contributed by atoms with Gasteiger partial charge in [-0.25, -0.2) is 4.39 Å². The molecule has 1 saturated heterocycles. The first-order valence-electron chi connectivity index (χ1n) is 7.89. The smallest absolute Gasteiger partial charge is 0.193 e. The first kappa shape index (κ1) is 17.7. The maximum Gasteiger partial charge on any atom is 0.193 e. The van der Waals surface area contributed by atoms with Gasteiger partial charge in [-0.15, -0.1) is 6.58 Å². The van der Waals surface area contributed by atoms with Crippen LogP contribution in [0.15, 0.2) is 41.9 Å². The second kappa shape index (κ2) is 9.45. The zero-order valence-electron chi connectivity index (χ0n) is 13.7. The molecule has 1 fully saturated rings. The summed E-state index contributed by atoms with van der Waals surface area (Å²) in [5, 5.41) is 3.41. The highest BCUT2D eigenvalue weighted by atomic mass is 32.2. The Morgan fingerprint density at radius 2 is 2.00 bits per heavy atom. The van der Waals surface area contributed by atoms with Crippen molar-refractivity contribution in [1.29, 1.82) is 0 Å². The van der Waals surface area contributed by atoms with Gasteiger partial charge in [-0.2, -0.15) is 11.8 Å². The van der Waals surface area contributed by atoms with Crippen molar-refractivity contribution in [3.8, 4) is 0 Å². The fourth-order valence-electron chi connectivity index (χ4n) is 2.56. The van der Waals surface area contributed by atoms with Crippen LogP contribution in [0, 0.1) is 5.82 Å². The molecule has 1 aliphatic heterocycles. The molecule has 0 aliphatic carbocycles. The summed E-state index contributed by atoms with van der Waals surface area (Å²) in [4.78, 5) is 8.93. The van der Waals surface area contributed by atoms with Crippen LogP contribution in [-0.2, 0) is 0 Å². The number of thioether (sulfide) groups is 1. The highest BCUT2D eigenvalue weighted by Gasteiger charge is 2.19. The predicted octanol–water partition coefficient (Wildman–Crippen LogP) is 2.44. The Hall–Kier alpha value is -1.69. The van der Waals surface area contributed by atoms with Crippen LogP contribution in [-0.4, -0.2) is 62.1 Å². The molecule has 0 atom stereocenters. The average molecular weight is 336 g/mol. The van der Waals surface area contributed by atoms with E-state index in [1.165, 1.54) is 12.1 Å². The van der Waals surface area contributed by atoms with E-state index in [0.29, 0.717) is 0 Å². The van der Waals surface area contributed by atoms with Gasteiger partial charge in [0.1, 0.15) is 5.82 Å². The van der Waals surface area contributed by atoms with Gasteiger partial charge in [-0.1, -0.05) is 6.08 Å². The van der Waals surface area contributed by atoms with Crippen molar-refractivity contribution in [3.63, 3.8) is 0 Å². The third-order valence-corrected chi connectivity index (χ3v) is 4.71. The van der Waals surface area contributed by atoms with E-state index in [4.69, 9.17) is 0 Å². The minimum Gasteiger partial charge on any atom is -0.368 e. The maximum atomic E-state index is 13.0. The molecule has 1 aromatic carbocycles. The number of rotatable bonds is 6. The van der Waals surface area contributed by atoms with Crippen molar-refractivity contribution in [2.75, 3.05) is 56.2 Å². The number of anilines is 1. The summed E-state index contributed by atoms with van der Waals surface area (Å²) in [5.41, 5.74) is 1.08. The van der Waals surface area contributed by atoms with E-state index >= 15 is 0 Å². The molecule has 2 rings (SSSR count). The number of hydrogen-bond acceptors (Lipinski definition) is 3. The summed E-state index contributed by atoms with van der Waals surface area (Å²) >= 11 is 1.86. The van der Waals surface area contributed by atoms with Crippen LogP contribution < -0.4 is 10.2 Å². The number of halogens is 1. The fraction of sp³-hybridized carbons (Fsp3) is 0.471. The lowest BCUT2D eigenvalue weighted by Crippen LogP contribution is -2.52. The van der Waals surface area contributed by atoms with E-state index in [9.17, 15) is 4.39 Å². The summed E-state index contributed by atoms with van der Waals surface area (Å²) in [6, 6.07) is 6.72. The van der Waals surface area contributed by atoms with Gasteiger partial charge >= 0.3 is 0 Å². The van der Waals surface area contributed by atoms with Gasteiger partial charge in [0, 0.05) is 57.0 Å². The Bertz CT molecular complexity index is 510. The molecule has 0 amide bonds. The molecule has 4 nitrogen and oxygen atoms in total. The topological polar surface area (TPSA) is 30.9 Å². The van der Waals surface area contributed by atoms with E-state index in [0.717, 1.165) is 55.9 Å². The van der Waals surface area contributed by atoms with Gasteiger partial charge in [0.25, 0.3) is 0 Å². The summed E-state index contributed by atoms with van der Waals surface area (Å²) in [6.07, 6.45) is 1.92. The molecule has 0 spiro atoms. The van der Waals surface area contributed by atoms with Gasteiger partial charge in [-0.3, -0.25) is 4.99 Å². The average Bonchev–Trinajstić information content (AvgIpc) is 2.59. The molecule has 0 aromatic heterocycles. The van der Waals surface area contributed by atoms with E-state index in [2.05, 4.69) is 26.7 Å². The zero-order chi connectivity index (χ0) is 16.5. The summed E-state index contributed by atoms with van der Waals surface area (Å²) < 4.78 is 13.0. The second-order valence-corrected chi connectivity index (χ2v) is 6.44. The normalized spacial score (nSPS) is 15.7. The van der Waals surface area contributed by atoms with Crippen molar-refractivity contribution in [2.24, 2.45) is 4.99 Å². The number of piperazine rings is 1. The fourth-order valence-corrected chi connectivity index (χ4v) is 3.14. The molecule has 1 heterocycles. The second-order valence-electron chi connectivity index (χ2n) is 5.29. The van der Waals surface area contributed by atoms with Gasteiger partial charge in [0.15, 0.2) is 5.96 Å². The third kappa shape index (κ3) is 5.46. The van der Waals surface area contributed by atoms with E-state index in [-0.39, 0.29) is 5.82 Å². The van der Waals surface area contributed by atoms with Crippen molar-refractivity contribution in [2.45, 2.75) is 0 Å². The van der Waals surface area contributed by atoms with Crippen LogP contribution in [0.25, 0.3) is 0 Å². The number of hydrogen-bond donors (Lipinski definition) is 1. The molecule has 23 heavy (non-hydrogen) atoms. The van der Waals surface area contributed by atoms with Gasteiger partial charge in [-0.05, 0) is 24.3 Å². The number of nitrogens with one attached hydrogen (secondary N) is 1. The van der Waals surface area contributed by atoms with Crippen LogP contribution in [0.4, 0.5) is 10.1 Å². The Labute approximate surface area is 142 Å². The van der Waals surface area contributed by atoms with Gasteiger partial charge in [0.05, 0.1) is 0 Å². The molecule has 6 heteroatoms. The largest absolute Gasteiger partial charge is 0.368 e. The lowest BCUT2D eigenvalue weighted by Gasteiger charge is -2.37. The number of nitrogens with zero attached hydrogens (tertiary/aromatic N) is 3. The van der Waals surface area contributed by atoms with Crippen LogP contribution in [0.2, 0.25) is 0 Å². The van der Waals surface area contributed by atoms with Crippen molar-refractivity contribution in [1.82, 2.24) is 10.2 Å². The Balaban J connectivity index is 1.77. The summed E-state index contributed by atoms with van der Waals surface area (Å²) in [6.45, 7) is 8.28. The SMILES string of the molecule is C=CCSCCNC(=NC)N1CCN(c2ccc(F)cc2)CC1. The maximum absolute atomic E-state index is 13.0. The number of benzene rings is 1. The highest BCUT2D eigenvalue weighted by Crippen LogP contribution is 2.16. The Kier molecular flexibility index (Phi) is 7.26. The summed E-state index contributed by atoms with van der Waals surface area (Å²) in [5.74, 6) is 2.80. The van der Waals surface area contributed by atoms with Crippen LogP contribution in [0.5, 0.6) is 0 Å². The molecule has 126 valence electrons. The highest BCUT2D eigenvalue weighted by molar-refractivity contribution is 7.99. The zero-order valence-corrected chi connectivity index (χ0v) is 14.5. The van der Waals surface area contributed by atoms with Crippen molar-refractivity contribution < 1.29 is 4.39 Å². The van der Waals surface area contributed by atoms with E-state index in [1.54, 1.807) is 0 Å². The molecule has 1 aliphatic rings. The predicted molar refractivity (Wildman–Crippen MR) is 99.1 cm³/mol. The van der Waals surface area contributed by atoms with E-state index < -0.39 is 0 Å². The summed E-state index contributed by atoms with van der Waals surface area (Å²) in [7, 11) is 1.82. The number of guanidine groups is 1.